The molecule has 0 saturated carbocycles. The summed E-state index contributed by atoms with van der Waals surface area (Å²) < 4.78 is 10.8. The molecule has 1 rings (SSSR count). The predicted octanol–water partition coefficient (Wildman–Crippen LogP) is 2.81. The van der Waals surface area contributed by atoms with E-state index in [-0.39, 0.29) is 0 Å². The lowest BCUT2D eigenvalue weighted by Crippen LogP contribution is -2.09. The third-order valence-corrected chi connectivity index (χ3v) is 1.99. The zero-order valence-electron chi connectivity index (χ0n) is 8.37. The molecule has 0 fully saturated rings. The average molecular weight is 216 g/mol. The van der Waals surface area contributed by atoms with E-state index >= 15 is 0 Å². The highest BCUT2D eigenvalue weighted by Crippen LogP contribution is 2.24. The molecular weight excluding hydrogens is 202 g/mol. The van der Waals surface area contributed by atoms with Crippen molar-refractivity contribution in [3.05, 3.63) is 29.0 Å². The monoisotopic (exact) mass is 215 g/mol. The van der Waals surface area contributed by atoms with Gasteiger partial charge in [0.15, 0.2) is 6.29 Å². The van der Waals surface area contributed by atoms with Crippen LogP contribution in [0.1, 0.15) is 25.7 Å². The fraction of sp³-hybridized carbons (Fsp3) is 0.500. The molecular formula is C10H14ClNO2. The van der Waals surface area contributed by atoms with Crippen LogP contribution in [0.4, 0.5) is 0 Å². The summed E-state index contributed by atoms with van der Waals surface area (Å²) in [6, 6.07) is 3.66. The van der Waals surface area contributed by atoms with Crippen molar-refractivity contribution in [2.24, 2.45) is 0 Å². The summed E-state index contributed by atoms with van der Waals surface area (Å²) in [5.41, 5.74) is 0.776. The van der Waals surface area contributed by atoms with Crippen LogP contribution < -0.4 is 0 Å². The Bertz CT molecular complexity index is 275. The number of halogens is 1. The zero-order chi connectivity index (χ0) is 10.4. The van der Waals surface area contributed by atoms with Crippen molar-refractivity contribution in [1.82, 2.24) is 4.98 Å². The Morgan fingerprint density at radius 3 is 2.50 bits per heavy atom. The van der Waals surface area contributed by atoms with E-state index in [0.29, 0.717) is 18.4 Å². The Morgan fingerprint density at radius 1 is 1.36 bits per heavy atom. The molecule has 0 N–H and O–H groups in total. The second-order valence-electron chi connectivity index (χ2n) is 2.63. The Hall–Kier alpha value is -0.640. The van der Waals surface area contributed by atoms with Gasteiger partial charge in [0.1, 0.15) is 5.15 Å². The van der Waals surface area contributed by atoms with Crippen molar-refractivity contribution in [1.29, 1.82) is 0 Å². The minimum atomic E-state index is -0.411. The topological polar surface area (TPSA) is 31.4 Å². The number of ether oxygens (including phenoxy) is 2. The molecule has 14 heavy (non-hydrogen) atoms. The molecule has 0 spiro atoms. The molecule has 3 nitrogen and oxygen atoms in total. The molecule has 0 saturated heterocycles. The van der Waals surface area contributed by atoms with Crippen LogP contribution in [0.3, 0.4) is 0 Å². The fourth-order valence-corrected chi connectivity index (χ4v) is 1.31. The molecule has 0 bridgehead atoms. The lowest BCUT2D eigenvalue weighted by Gasteiger charge is -2.17. The first kappa shape index (κ1) is 11.4. The van der Waals surface area contributed by atoms with Gasteiger partial charge < -0.3 is 9.47 Å². The summed E-state index contributed by atoms with van der Waals surface area (Å²) in [6.45, 7) is 4.98. The van der Waals surface area contributed by atoms with E-state index in [0.717, 1.165) is 5.56 Å². The van der Waals surface area contributed by atoms with E-state index in [9.17, 15) is 0 Å². The first-order valence-electron chi connectivity index (χ1n) is 4.63. The quantitative estimate of drug-likeness (QED) is 0.559. The Balaban J connectivity index is 2.81. The lowest BCUT2D eigenvalue weighted by molar-refractivity contribution is -0.140. The maximum absolute atomic E-state index is 5.92. The van der Waals surface area contributed by atoms with Crippen LogP contribution in [0.2, 0.25) is 5.15 Å². The van der Waals surface area contributed by atoms with Gasteiger partial charge in [0.2, 0.25) is 0 Å². The summed E-state index contributed by atoms with van der Waals surface area (Å²) in [6.07, 6.45) is 1.23. The van der Waals surface area contributed by atoms with Crippen LogP contribution in [0.15, 0.2) is 18.3 Å². The minimum absolute atomic E-state index is 0.411. The molecule has 0 radical (unpaired) electrons. The van der Waals surface area contributed by atoms with E-state index in [1.54, 1.807) is 6.20 Å². The van der Waals surface area contributed by atoms with Gasteiger partial charge in [-0.05, 0) is 26.0 Å². The minimum Gasteiger partial charge on any atom is -0.349 e. The molecule has 78 valence electrons. The highest BCUT2D eigenvalue weighted by atomic mass is 35.5. The molecule has 0 amide bonds. The van der Waals surface area contributed by atoms with Gasteiger partial charge in [0.25, 0.3) is 0 Å². The van der Waals surface area contributed by atoms with Crippen LogP contribution in [0, 0.1) is 0 Å². The lowest BCUT2D eigenvalue weighted by atomic mass is 10.3. The van der Waals surface area contributed by atoms with Gasteiger partial charge in [-0.2, -0.15) is 0 Å². The van der Waals surface area contributed by atoms with E-state index in [4.69, 9.17) is 21.1 Å². The number of nitrogens with zero attached hydrogens (tertiary/aromatic N) is 1. The third-order valence-electron chi connectivity index (χ3n) is 1.68. The summed E-state index contributed by atoms with van der Waals surface area (Å²) >= 11 is 5.92. The van der Waals surface area contributed by atoms with E-state index in [1.165, 1.54) is 0 Å². The van der Waals surface area contributed by atoms with Gasteiger partial charge in [-0.25, -0.2) is 4.98 Å². The number of pyridine rings is 1. The molecule has 0 atom stereocenters. The van der Waals surface area contributed by atoms with Crippen LogP contribution in [0.5, 0.6) is 0 Å². The van der Waals surface area contributed by atoms with E-state index in [2.05, 4.69) is 4.98 Å². The van der Waals surface area contributed by atoms with Gasteiger partial charge in [0.05, 0.1) is 0 Å². The Morgan fingerprint density at radius 2 is 2.00 bits per heavy atom. The first-order chi connectivity index (χ1) is 6.79. The van der Waals surface area contributed by atoms with Crippen LogP contribution in [-0.4, -0.2) is 18.2 Å². The van der Waals surface area contributed by atoms with Crippen molar-refractivity contribution < 1.29 is 9.47 Å². The second kappa shape index (κ2) is 5.96. The maximum Gasteiger partial charge on any atom is 0.186 e. The number of aromatic nitrogens is 1. The van der Waals surface area contributed by atoms with Crippen LogP contribution in [0.25, 0.3) is 0 Å². The molecule has 0 aliphatic rings. The van der Waals surface area contributed by atoms with Gasteiger partial charge in [0, 0.05) is 25.0 Å². The van der Waals surface area contributed by atoms with Gasteiger partial charge >= 0.3 is 0 Å². The summed E-state index contributed by atoms with van der Waals surface area (Å²) in [5, 5.41) is 0.430. The Labute approximate surface area is 89.0 Å². The van der Waals surface area contributed by atoms with Crippen molar-refractivity contribution in [2.75, 3.05) is 13.2 Å². The fourth-order valence-electron chi connectivity index (χ4n) is 1.10. The zero-order valence-corrected chi connectivity index (χ0v) is 9.12. The molecule has 1 aromatic heterocycles. The van der Waals surface area contributed by atoms with Crippen molar-refractivity contribution >= 4 is 11.6 Å². The largest absolute Gasteiger partial charge is 0.349 e. The molecule has 0 aliphatic carbocycles. The van der Waals surface area contributed by atoms with Crippen molar-refractivity contribution in [2.45, 2.75) is 20.1 Å². The van der Waals surface area contributed by atoms with Gasteiger partial charge in [-0.3, -0.25) is 0 Å². The highest BCUT2D eigenvalue weighted by molar-refractivity contribution is 6.30. The first-order valence-corrected chi connectivity index (χ1v) is 5.01. The van der Waals surface area contributed by atoms with E-state index in [1.807, 2.05) is 26.0 Å². The normalized spacial score (nSPS) is 10.9. The maximum atomic E-state index is 5.92. The second-order valence-corrected chi connectivity index (χ2v) is 2.98. The molecule has 0 aliphatic heterocycles. The van der Waals surface area contributed by atoms with Gasteiger partial charge in [-0.15, -0.1) is 0 Å². The third kappa shape index (κ3) is 2.94. The summed E-state index contributed by atoms with van der Waals surface area (Å²) in [5.74, 6) is 0. The SMILES string of the molecule is CCOC(OCC)c1cccnc1Cl. The smallest absolute Gasteiger partial charge is 0.186 e. The van der Waals surface area contributed by atoms with Crippen molar-refractivity contribution in [3.8, 4) is 0 Å². The molecule has 1 aromatic rings. The highest BCUT2D eigenvalue weighted by Gasteiger charge is 2.14. The summed E-state index contributed by atoms with van der Waals surface area (Å²) in [4.78, 5) is 3.97. The Kier molecular flexibility index (Phi) is 4.87. The predicted molar refractivity (Wildman–Crippen MR) is 55.2 cm³/mol. The van der Waals surface area contributed by atoms with E-state index < -0.39 is 6.29 Å². The molecule has 0 unspecified atom stereocenters. The standard InChI is InChI=1S/C10H14ClNO2/c1-3-13-10(14-4-2)8-6-5-7-12-9(8)11/h5-7,10H,3-4H2,1-2H3. The molecule has 4 heteroatoms. The average Bonchev–Trinajstić information content (AvgIpc) is 2.18. The van der Waals surface area contributed by atoms with Crippen LogP contribution in [-0.2, 0) is 9.47 Å². The number of hydrogen-bond donors (Lipinski definition) is 0. The molecule has 1 heterocycles. The van der Waals surface area contributed by atoms with Crippen LogP contribution >= 0.6 is 11.6 Å². The number of hydrogen-bond acceptors (Lipinski definition) is 3. The number of rotatable bonds is 5. The van der Waals surface area contributed by atoms with Gasteiger partial charge in [-0.1, -0.05) is 11.6 Å². The summed E-state index contributed by atoms with van der Waals surface area (Å²) in [7, 11) is 0. The van der Waals surface area contributed by atoms with Crippen molar-refractivity contribution in [3.63, 3.8) is 0 Å². The molecule has 0 aromatic carbocycles.